The van der Waals surface area contributed by atoms with Gasteiger partial charge in [-0.1, -0.05) is 0 Å². The van der Waals surface area contributed by atoms with Crippen LogP contribution < -0.4 is 16.4 Å². The minimum absolute atomic E-state index is 0.103. The molecule has 2 aromatic rings. The van der Waals surface area contributed by atoms with Crippen LogP contribution in [-0.2, 0) is 16.0 Å². The van der Waals surface area contributed by atoms with E-state index in [1.807, 2.05) is 0 Å². The molecule has 0 spiro atoms. The molecule has 2 aromatic heterocycles. The first-order chi connectivity index (χ1) is 14.0. The fourth-order valence-electron chi connectivity index (χ4n) is 4.27. The van der Waals surface area contributed by atoms with Crippen molar-refractivity contribution in [3.05, 3.63) is 29.1 Å². The summed E-state index contributed by atoms with van der Waals surface area (Å²) in [4.78, 5) is 28.4. The Balaban J connectivity index is 1.49. The van der Waals surface area contributed by atoms with Crippen LogP contribution in [-0.4, -0.2) is 38.5 Å². The summed E-state index contributed by atoms with van der Waals surface area (Å²) in [6.07, 6.45) is 11.2. The van der Waals surface area contributed by atoms with Crippen molar-refractivity contribution in [3.8, 4) is 0 Å². The Morgan fingerprint density at radius 2 is 2.00 bits per heavy atom. The number of fused-ring (bicyclic) bond motifs is 1. The second kappa shape index (κ2) is 7.26. The summed E-state index contributed by atoms with van der Waals surface area (Å²) in [5.74, 6) is 0.941. The largest absolute Gasteiger partial charge is 0.367 e. The van der Waals surface area contributed by atoms with Crippen molar-refractivity contribution in [3.63, 3.8) is 0 Å². The van der Waals surface area contributed by atoms with Crippen molar-refractivity contribution in [1.29, 1.82) is 0 Å². The fourth-order valence-corrected chi connectivity index (χ4v) is 4.27. The van der Waals surface area contributed by atoms with Crippen molar-refractivity contribution in [2.75, 3.05) is 5.32 Å². The van der Waals surface area contributed by atoms with Crippen LogP contribution in [0.1, 0.15) is 56.2 Å². The minimum atomic E-state index is -0.333. The van der Waals surface area contributed by atoms with E-state index in [9.17, 15) is 9.59 Å². The highest BCUT2D eigenvalue weighted by Crippen LogP contribution is 2.30. The molecule has 0 aromatic carbocycles. The van der Waals surface area contributed by atoms with Crippen molar-refractivity contribution < 1.29 is 9.59 Å². The topological polar surface area (TPSA) is 114 Å². The molecular formula is C21H26N6O2. The van der Waals surface area contributed by atoms with Gasteiger partial charge >= 0.3 is 0 Å². The lowest BCUT2D eigenvalue weighted by Crippen LogP contribution is -2.27. The van der Waals surface area contributed by atoms with Crippen LogP contribution in [0.25, 0.3) is 11.7 Å². The maximum Gasteiger partial charge on any atom is 0.254 e. The summed E-state index contributed by atoms with van der Waals surface area (Å²) < 4.78 is 1.81. The molecule has 5 rings (SSSR count). The third-order valence-electron chi connectivity index (χ3n) is 6.10. The van der Waals surface area contributed by atoms with E-state index in [0.717, 1.165) is 54.8 Å². The molecule has 8 heteroatoms. The second-order valence-corrected chi connectivity index (χ2v) is 8.60. The molecule has 1 aliphatic heterocycles. The monoisotopic (exact) mass is 394 g/mol. The van der Waals surface area contributed by atoms with Gasteiger partial charge in [0.1, 0.15) is 5.82 Å². The van der Waals surface area contributed by atoms with Crippen LogP contribution in [0.3, 0.4) is 0 Å². The standard InChI is InChI=1S/C21H26N6O2/c22-15-3-1-12(2-4-15)7-17-10-18(24-16-5-6-16)27-20(25-17)14(11-23-27)8-13-9-19(28)26-21(13)29/h8,10-12,15-16,24H,1-7,9,22H2,(H,26,28,29)/b13-8+. The summed E-state index contributed by atoms with van der Waals surface area (Å²) >= 11 is 0. The van der Waals surface area contributed by atoms with Crippen LogP contribution in [0, 0.1) is 5.92 Å². The number of imide groups is 1. The lowest BCUT2D eigenvalue weighted by atomic mass is 9.84. The third-order valence-corrected chi connectivity index (χ3v) is 6.10. The normalized spacial score (nSPS) is 26.3. The third kappa shape index (κ3) is 3.89. The van der Waals surface area contributed by atoms with Gasteiger partial charge in [-0.25, -0.2) is 4.98 Å². The predicted molar refractivity (Wildman–Crippen MR) is 109 cm³/mol. The summed E-state index contributed by atoms with van der Waals surface area (Å²) in [6.45, 7) is 0. The Morgan fingerprint density at radius 1 is 1.21 bits per heavy atom. The van der Waals surface area contributed by atoms with E-state index in [1.165, 1.54) is 12.8 Å². The summed E-state index contributed by atoms with van der Waals surface area (Å²) in [7, 11) is 0. The van der Waals surface area contributed by atoms with Gasteiger partial charge in [0, 0.05) is 35.0 Å². The average Bonchev–Trinajstić information content (AvgIpc) is 3.33. The summed E-state index contributed by atoms with van der Waals surface area (Å²) in [5, 5.41) is 10.4. The molecule has 0 bridgehead atoms. The number of aromatic nitrogens is 3. The number of nitrogens with zero attached hydrogens (tertiary/aromatic N) is 3. The molecule has 29 heavy (non-hydrogen) atoms. The first-order valence-corrected chi connectivity index (χ1v) is 10.5. The van der Waals surface area contributed by atoms with E-state index in [0.29, 0.717) is 23.6 Å². The van der Waals surface area contributed by atoms with Crippen molar-refractivity contribution in [2.24, 2.45) is 11.7 Å². The van der Waals surface area contributed by atoms with Crippen molar-refractivity contribution in [1.82, 2.24) is 19.9 Å². The zero-order chi connectivity index (χ0) is 20.0. The van der Waals surface area contributed by atoms with Gasteiger partial charge in [-0.3, -0.25) is 14.9 Å². The predicted octanol–water partition coefficient (Wildman–Crippen LogP) is 1.79. The molecule has 8 nitrogen and oxygen atoms in total. The number of nitrogens with one attached hydrogen (secondary N) is 2. The lowest BCUT2D eigenvalue weighted by Gasteiger charge is -2.25. The number of amides is 2. The quantitative estimate of drug-likeness (QED) is 0.526. The number of rotatable bonds is 5. The number of carbonyl (C=O) groups excluding carboxylic acids is 2. The van der Waals surface area contributed by atoms with Crippen LogP contribution in [0.15, 0.2) is 17.8 Å². The smallest absolute Gasteiger partial charge is 0.254 e. The highest BCUT2D eigenvalue weighted by Gasteiger charge is 2.26. The van der Waals surface area contributed by atoms with E-state index < -0.39 is 0 Å². The Labute approximate surface area is 168 Å². The first-order valence-electron chi connectivity index (χ1n) is 10.5. The maximum absolute atomic E-state index is 12.0. The maximum atomic E-state index is 12.0. The molecule has 3 aliphatic rings. The Morgan fingerprint density at radius 3 is 2.69 bits per heavy atom. The number of anilines is 1. The van der Waals surface area contributed by atoms with Crippen molar-refractivity contribution in [2.45, 2.75) is 63.5 Å². The zero-order valence-corrected chi connectivity index (χ0v) is 16.4. The molecule has 0 atom stereocenters. The average molecular weight is 394 g/mol. The Kier molecular flexibility index (Phi) is 4.58. The highest BCUT2D eigenvalue weighted by molar-refractivity contribution is 6.15. The molecule has 152 valence electrons. The Bertz CT molecular complexity index is 998. The van der Waals surface area contributed by atoms with Crippen LogP contribution in [0.2, 0.25) is 0 Å². The fraction of sp³-hybridized carbons (Fsp3) is 0.524. The van der Waals surface area contributed by atoms with E-state index in [2.05, 4.69) is 21.8 Å². The van der Waals surface area contributed by atoms with Crippen LogP contribution >= 0.6 is 0 Å². The molecule has 3 heterocycles. The SMILES string of the molecule is NC1CCC(Cc2cc(NC3CC3)n3ncc(/C=C4\CC(=O)NC4=O)c3n2)CC1. The molecule has 2 amide bonds. The number of hydrogen-bond donors (Lipinski definition) is 3. The summed E-state index contributed by atoms with van der Waals surface area (Å²) in [6, 6.07) is 2.93. The van der Waals surface area contributed by atoms with Gasteiger partial charge in [-0.2, -0.15) is 9.61 Å². The highest BCUT2D eigenvalue weighted by atomic mass is 16.2. The van der Waals surface area contributed by atoms with Gasteiger partial charge in [-0.05, 0) is 56.9 Å². The molecule has 0 unspecified atom stereocenters. The van der Waals surface area contributed by atoms with E-state index in [4.69, 9.17) is 10.7 Å². The number of hydrogen-bond acceptors (Lipinski definition) is 6. The molecular weight excluding hydrogens is 368 g/mol. The zero-order valence-electron chi connectivity index (χ0n) is 16.4. The van der Waals surface area contributed by atoms with Crippen molar-refractivity contribution >= 4 is 29.4 Å². The molecule has 2 aliphatic carbocycles. The van der Waals surface area contributed by atoms with E-state index >= 15 is 0 Å². The van der Waals surface area contributed by atoms with Gasteiger partial charge in [0.15, 0.2) is 5.65 Å². The van der Waals surface area contributed by atoms with E-state index in [-0.39, 0.29) is 18.2 Å². The van der Waals surface area contributed by atoms with Gasteiger partial charge < -0.3 is 11.1 Å². The molecule has 0 radical (unpaired) electrons. The summed E-state index contributed by atoms with van der Waals surface area (Å²) in [5.41, 5.74) is 9.02. The van der Waals surface area contributed by atoms with Crippen LogP contribution in [0.5, 0.6) is 0 Å². The molecule has 4 N–H and O–H groups in total. The van der Waals surface area contributed by atoms with Gasteiger partial charge in [0.05, 0.1) is 12.6 Å². The number of carbonyl (C=O) groups is 2. The van der Waals surface area contributed by atoms with E-state index in [1.54, 1.807) is 16.8 Å². The van der Waals surface area contributed by atoms with Gasteiger partial charge in [-0.15, -0.1) is 0 Å². The molecule has 2 saturated carbocycles. The number of nitrogens with two attached hydrogens (primary N) is 1. The molecule has 1 saturated heterocycles. The van der Waals surface area contributed by atoms with Gasteiger partial charge in [0.2, 0.25) is 5.91 Å². The van der Waals surface area contributed by atoms with Crippen LogP contribution in [0.4, 0.5) is 5.82 Å². The molecule has 3 fully saturated rings. The Hall–Kier alpha value is -2.74. The second-order valence-electron chi connectivity index (χ2n) is 8.60. The lowest BCUT2D eigenvalue weighted by molar-refractivity contribution is -0.124. The van der Waals surface area contributed by atoms with Gasteiger partial charge in [0.25, 0.3) is 5.91 Å². The minimum Gasteiger partial charge on any atom is -0.367 e. The first kappa shape index (κ1) is 18.3.